The molecule has 3 nitrogen and oxygen atoms in total. The van der Waals surface area contributed by atoms with Crippen LogP contribution in [-0.4, -0.2) is 4.98 Å². The van der Waals surface area contributed by atoms with Crippen molar-refractivity contribution < 1.29 is 9.13 Å². The van der Waals surface area contributed by atoms with Crippen molar-refractivity contribution in [1.29, 1.82) is 0 Å². The van der Waals surface area contributed by atoms with E-state index < -0.39 is 5.82 Å². The van der Waals surface area contributed by atoms with E-state index in [9.17, 15) is 4.39 Å². The summed E-state index contributed by atoms with van der Waals surface area (Å²) in [5, 5.41) is 0. The Labute approximate surface area is 87.1 Å². The van der Waals surface area contributed by atoms with Gasteiger partial charge < -0.3 is 10.5 Å². The first-order valence-electron chi connectivity index (χ1n) is 4.67. The van der Waals surface area contributed by atoms with Crippen LogP contribution in [0.4, 0.5) is 4.39 Å². The van der Waals surface area contributed by atoms with Crippen LogP contribution in [0, 0.1) is 5.82 Å². The van der Waals surface area contributed by atoms with Crippen molar-refractivity contribution in [3.63, 3.8) is 0 Å². The highest BCUT2D eigenvalue weighted by Gasteiger charge is 2.06. The smallest absolute Gasteiger partial charge is 0.148 e. The molecule has 1 aliphatic carbocycles. The largest absolute Gasteiger partial charge is 0.460 e. The fraction of sp³-hybridized carbons (Fsp3) is 0.182. The van der Waals surface area contributed by atoms with Crippen molar-refractivity contribution >= 4 is 0 Å². The lowest BCUT2D eigenvalue weighted by Gasteiger charge is -2.12. The summed E-state index contributed by atoms with van der Waals surface area (Å²) in [5.74, 6) is 0.783. The first-order valence-corrected chi connectivity index (χ1v) is 4.67. The van der Waals surface area contributed by atoms with Crippen LogP contribution in [0.25, 0.3) is 0 Å². The SMILES string of the molecule is NC1=CC=C(Oc2cncc(F)c2)CC1. The monoisotopic (exact) mass is 206 g/mol. The second-order valence-corrected chi connectivity index (χ2v) is 3.32. The number of halogens is 1. The van der Waals surface area contributed by atoms with Gasteiger partial charge in [-0.15, -0.1) is 0 Å². The van der Waals surface area contributed by atoms with E-state index in [1.165, 1.54) is 12.3 Å². The zero-order chi connectivity index (χ0) is 10.7. The lowest BCUT2D eigenvalue weighted by molar-refractivity contribution is 0.395. The summed E-state index contributed by atoms with van der Waals surface area (Å²) in [5.41, 5.74) is 6.44. The predicted octanol–water partition coefficient (Wildman–Crippen LogP) is 2.12. The first-order chi connectivity index (χ1) is 7.24. The van der Waals surface area contributed by atoms with Crippen LogP contribution in [0.1, 0.15) is 12.8 Å². The van der Waals surface area contributed by atoms with Gasteiger partial charge >= 0.3 is 0 Å². The Morgan fingerprint density at radius 2 is 2.13 bits per heavy atom. The number of ether oxygens (including phenoxy) is 1. The van der Waals surface area contributed by atoms with Crippen molar-refractivity contribution in [1.82, 2.24) is 4.98 Å². The number of hydrogen-bond donors (Lipinski definition) is 1. The fourth-order valence-corrected chi connectivity index (χ4v) is 1.32. The molecule has 0 saturated heterocycles. The van der Waals surface area contributed by atoms with Crippen LogP contribution in [0.3, 0.4) is 0 Å². The van der Waals surface area contributed by atoms with Crippen molar-refractivity contribution in [3.05, 3.63) is 47.9 Å². The molecule has 0 atom stereocenters. The van der Waals surface area contributed by atoms with Gasteiger partial charge in [0.2, 0.25) is 0 Å². The third kappa shape index (κ3) is 2.56. The van der Waals surface area contributed by atoms with E-state index in [1.54, 1.807) is 12.2 Å². The number of nitrogens with zero attached hydrogens (tertiary/aromatic N) is 1. The van der Waals surface area contributed by atoms with Crippen molar-refractivity contribution in [3.8, 4) is 5.75 Å². The van der Waals surface area contributed by atoms with Crippen molar-refractivity contribution in [2.45, 2.75) is 12.8 Å². The first kappa shape index (κ1) is 9.71. The standard InChI is InChI=1S/C11H11FN2O/c12-8-5-11(7-14-6-8)15-10-3-1-9(13)2-4-10/h1,3,5-7H,2,4,13H2. The predicted molar refractivity (Wildman–Crippen MR) is 54.4 cm³/mol. The van der Waals surface area contributed by atoms with Crippen LogP contribution in [-0.2, 0) is 0 Å². The molecule has 0 fully saturated rings. The summed E-state index contributed by atoms with van der Waals surface area (Å²) >= 11 is 0. The molecule has 2 rings (SSSR count). The third-order valence-corrected chi connectivity index (χ3v) is 2.07. The van der Waals surface area contributed by atoms with Gasteiger partial charge in [-0.3, -0.25) is 4.98 Å². The van der Waals surface area contributed by atoms with E-state index >= 15 is 0 Å². The molecule has 1 aliphatic rings. The summed E-state index contributed by atoms with van der Waals surface area (Å²) in [6.45, 7) is 0. The molecule has 4 heteroatoms. The molecular formula is C11H11FN2O. The van der Waals surface area contributed by atoms with Gasteiger partial charge in [-0.1, -0.05) is 0 Å². The minimum absolute atomic E-state index is 0.404. The highest BCUT2D eigenvalue weighted by molar-refractivity contribution is 5.24. The molecular weight excluding hydrogens is 195 g/mol. The molecule has 0 aliphatic heterocycles. The van der Waals surface area contributed by atoms with Crippen LogP contribution < -0.4 is 10.5 Å². The lowest BCUT2D eigenvalue weighted by atomic mass is 10.1. The van der Waals surface area contributed by atoms with E-state index in [-0.39, 0.29) is 0 Å². The summed E-state index contributed by atoms with van der Waals surface area (Å²) in [6, 6.07) is 1.30. The molecule has 0 aromatic carbocycles. The summed E-state index contributed by atoms with van der Waals surface area (Å²) in [6.07, 6.45) is 7.72. The zero-order valence-corrected chi connectivity index (χ0v) is 8.11. The van der Waals surface area contributed by atoms with Gasteiger partial charge in [-0.2, -0.15) is 0 Å². The molecule has 0 radical (unpaired) electrons. The number of hydrogen-bond acceptors (Lipinski definition) is 3. The molecule has 78 valence electrons. The molecule has 0 spiro atoms. The number of rotatable bonds is 2. The highest BCUT2D eigenvalue weighted by Crippen LogP contribution is 2.20. The van der Waals surface area contributed by atoms with E-state index in [0.29, 0.717) is 5.75 Å². The Morgan fingerprint density at radius 3 is 2.80 bits per heavy atom. The van der Waals surface area contributed by atoms with Gasteiger partial charge in [0.15, 0.2) is 0 Å². The molecule has 0 unspecified atom stereocenters. The van der Waals surface area contributed by atoms with Crippen LogP contribution in [0.2, 0.25) is 0 Å². The molecule has 0 bridgehead atoms. The molecule has 2 N–H and O–H groups in total. The zero-order valence-electron chi connectivity index (χ0n) is 8.11. The van der Waals surface area contributed by atoms with E-state index in [2.05, 4.69) is 4.98 Å². The topological polar surface area (TPSA) is 48.1 Å². The van der Waals surface area contributed by atoms with Crippen LogP contribution in [0.15, 0.2) is 42.1 Å². The van der Waals surface area contributed by atoms with E-state index in [4.69, 9.17) is 10.5 Å². The average molecular weight is 206 g/mol. The molecule has 0 saturated carbocycles. The Kier molecular flexibility index (Phi) is 2.67. The fourth-order valence-electron chi connectivity index (χ4n) is 1.32. The summed E-state index contributed by atoms with van der Waals surface area (Å²) in [4.78, 5) is 3.70. The number of pyridine rings is 1. The molecule has 1 heterocycles. The number of nitrogens with two attached hydrogens (primary N) is 1. The van der Waals surface area contributed by atoms with Crippen molar-refractivity contribution in [2.24, 2.45) is 5.73 Å². The highest BCUT2D eigenvalue weighted by atomic mass is 19.1. The molecule has 1 aromatic heterocycles. The Morgan fingerprint density at radius 1 is 1.27 bits per heavy atom. The minimum Gasteiger partial charge on any atom is -0.460 e. The summed E-state index contributed by atoms with van der Waals surface area (Å²) < 4.78 is 18.2. The number of aromatic nitrogens is 1. The molecule has 15 heavy (non-hydrogen) atoms. The van der Waals surface area contributed by atoms with Crippen LogP contribution in [0.5, 0.6) is 5.75 Å². The van der Waals surface area contributed by atoms with Gasteiger partial charge in [0.25, 0.3) is 0 Å². The minimum atomic E-state index is -0.404. The third-order valence-electron chi connectivity index (χ3n) is 2.07. The number of allylic oxidation sites excluding steroid dienone is 4. The normalized spacial score (nSPS) is 15.5. The van der Waals surface area contributed by atoms with Gasteiger partial charge in [0.05, 0.1) is 12.4 Å². The Balaban J connectivity index is 2.10. The van der Waals surface area contributed by atoms with Gasteiger partial charge in [0, 0.05) is 18.2 Å². The maximum absolute atomic E-state index is 12.8. The lowest BCUT2D eigenvalue weighted by Crippen LogP contribution is -2.05. The summed E-state index contributed by atoms with van der Waals surface area (Å²) in [7, 11) is 0. The van der Waals surface area contributed by atoms with E-state index in [0.717, 1.165) is 30.5 Å². The van der Waals surface area contributed by atoms with Gasteiger partial charge in [0.1, 0.15) is 17.3 Å². The van der Waals surface area contributed by atoms with Gasteiger partial charge in [-0.25, -0.2) is 4.39 Å². The molecule has 0 amide bonds. The second kappa shape index (κ2) is 4.13. The Bertz CT molecular complexity index is 426. The van der Waals surface area contributed by atoms with Crippen molar-refractivity contribution in [2.75, 3.05) is 0 Å². The van der Waals surface area contributed by atoms with E-state index in [1.807, 2.05) is 0 Å². The molecule has 1 aromatic rings. The Hall–Kier alpha value is -1.84. The maximum Gasteiger partial charge on any atom is 0.148 e. The van der Waals surface area contributed by atoms with Crippen LogP contribution >= 0.6 is 0 Å². The average Bonchev–Trinajstić information content (AvgIpc) is 2.22. The second-order valence-electron chi connectivity index (χ2n) is 3.32. The van der Waals surface area contributed by atoms with Gasteiger partial charge in [-0.05, 0) is 18.6 Å². The maximum atomic E-state index is 12.8. The quantitative estimate of drug-likeness (QED) is 0.806.